The summed E-state index contributed by atoms with van der Waals surface area (Å²) in [7, 11) is 1.72. The van der Waals surface area contributed by atoms with Crippen LogP contribution in [0.4, 0.5) is 4.39 Å². The van der Waals surface area contributed by atoms with Crippen LogP contribution in [0.1, 0.15) is 18.2 Å². The lowest BCUT2D eigenvalue weighted by Gasteiger charge is -2.13. The normalized spacial score (nSPS) is 11.1. The Balaban J connectivity index is 1.99. The summed E-state index contributed by atoms with van der Waals surface area (Å²) in [5.74, 6) is -0.431. The predicted octanol–water partition coefficient (Wildman–Crippen LogP) is 3.48. The van der Waals surface area contributed by atoms with Crippen molar-refractivity contribution in [3.05, 3.63) is 58.1 Å². The van der Waals surface area contributed by atoms with Gasteiger partial charge < -0.3 is 4.90 Å². The highest BCUT2D eigenvalue weighted by atomic mass is 79.9. The fourth-order valence-corrected chi connectivity index (χ4v) is 2.32. The molecule has 0 aliphatic heterocycles. The highest BCUT2D eigenvalue weighted by Gasteiger charge is 2.11. The third-order valence-corrected chi connectivity index (χ3v) is 3.83. The maximum absolute atomic E-state index is 12.8. The number of aryl methyl sites for hydroxylation is 1. The van der Waals surface area contributed by atoms with E-state index in [0.29, 0.717) is 6.54 Å². The third kappa shape index (κ3) is 4.27. The van der Waals surface area contributed by atoms with Crippen LogP contribution in [0, 0.1) is 5.82 Å². The van der Waals surface area contributed by atoms with E-state index in [1.54, 1.807) is 30.2 Å². The molecule has 1 aromatic heterocycles. The highest BCUT2D eigenvalue weighted by molar-refractivity contribution is 9.10. The number of benzene rings is 1. The average Bonchev–Trinajstić information content (AvgIpc) is 2.86. The van der Waals surface area contributed by atoms with Gasteiger partial charge in [0.15, 0.2) is 0 Å². The zero-order valence-corrected chi connectivity index (χ0v) is 14.0. The molecule has 1 aromatic carbocycles. The molecular weight excluding hydrogens is 349 g/mol. The monoisotopic (exact) mass is 365 g/mol. The number of nitrogens with zero attached hydrogens (tertiary/aromatic N) is 3. The lowest BCUT2D eigenvalue weighted by atomic mass is 10.2. The second-order valence-corrected chi connectivity index (χ2v) is 5.71. The first kappa shape index (κ1) is 16.4. The van der Waals surface area contributed by atoms with Gasteiger partial charge in [0.1, 0.15) is 5.82 Å². The highest BCUT2D eigenvalue weighted by Crippen LogP contribution is 2.16. The smallest absolute Gasteiger partial charge is 0.246 e. The van der Waals surface area contributed by atoms with E-state index in [-0.39, 0.29) is 11.7 Å². The van der Waals surface area contributed by atoms with Gasteiger partial charge in [-0.1, -0.05) is 12.1 Å². The molecule has 22 heavy (non-hydrogen) atoms. The number of likely N-dealkylation sites (N-methyl/N-ethyl adjacent to an activating group) is 1. The molecule has 0 saturated carbocycles. The first-order valence-corrected chi connectivity index (χ1v) is 7.69. The summed E-state index contributed by atoms with van der Waals surface area (Å²) in [4.78, 5) is 13.7. The van der Waals surface area contributed by atoms with Crippen molar-refractivity contribution in [2.75, 3.05) is 7.05 Å². The molecule has 0 spiro atoms. The number of hydrogen-bond acceptors (Lipinski definition) is 2. The SMILES string of the molecule is CCn1cc(Br)c(CN(C)C(=O)/C=C/c2ccc(F)cc2)n1. The molecule has 4 nitrogen and oxygen atoms in total. The molecule has 1 heterocycles. The van der Waals surface area contributed by atoms with Crippen LogP contribution in [0.5, 0.6) is 0 Å². The lowest BCUT2D eigenvalue weighted by molar-refractivity contribution is -0.125. The van der Waals surface area contributed by atoms with Gasteiger partial charge in [-0.2, -0.15) is 5.10 Å². The topological polar surface area (TPSA) is 38.1 Å². The number of rotatable bonds is 5. The van der Waals surface area contributed by atoms with Crippen LogP contribution in [0.25, 0.3) is 6.08 Å². The van der Waals surface area contributed by atoms with Crippen molar-refractivity contribution >= 4 is 27.9 Å². The fraction of sp³-hybridized carbons (Fsp3) is 0.250. The van der Waals surface area contributed by atoms with Gasteiger partial charge in [0.25, 0.3) is 0 Å². The van der Waals surface area contributed by atoms with Crippen LogP contribution in [0.2, 0.25) is 0 Å². The summed E-state index contributed by atoms with van der Waals surface area (Å²) in [6.07, 6.45) is 5.03. The van der Waals surface area contributed by atoms with Crippen LogP contribution < -0.4 is 0 Å². The lowest BCUT2D eigenvalue weighted by Crippen LogP contribution is -2.24. The standard InChI is InChI=1S/C16H17BrFN3O/c1-3-21-10-14(17)15(19-21)11-20(2)16(22)9-6-12-4-7-13(18)8-5-12/h4-10H,3,11H2,1-2H3/b9-6+. The number of amides is 1. The number of halogens is 2. The van der Waals surface area contributed by atoms with Crippen molar-refractivity contribution in [3.63, 3.8) is 0 Å². The largest absolute Gasteiger partial charge is 0.336 e. The number of carbonyl (C=O) groups is 1. The molecule has 0 bridgehead atoms. The third-order valence-electron chi connectivity index (χ3n) is 3.16. The van der Waals surface area contributed by atoms with Gasteiger partial charge in [0.05, 0.1) is 16.7 Å². The van der Waals surface area contributed by atoms with Crippen molar-refractivity contribution in [1.82, 2.24) is 14.7 Å². The Hall–Kier alpha value is -1.95. The van der Waals surface area contributed by atoms with Gasteiger partial charge >= 0.3 is 0 Å². The van der Waals surface area contributed by atoms with E-state index in [0.717, 1.165) is 22.3 Å². The average molecular weight is 366 g/mol. The van der Waals surface area contributed by atoms with E-state index in [4.69, 9.17) is 0 Å². The minimum absolute atomic E-state index is 0.137. The molecule has 0 fully saturated rings. The minimum Gasteiger partial charge on any atom is -0.336 e. The van der Waals surface area contributed by atoms with Crippen molar-refractivity contribution in [3.8, 4) is 0 Å². The summed E-state index contributed by atoms with van der Waals surface area (Å²) in [5, 5.41) is 4.39. The van der Waals surface area contributed by atoms with Crippen LogP contribution in [-0.4, -0.2) is 27.6 Å². The van der Waals surface area contributed by atoms with Gasteiger partial charge in [-0.15, -0.1) is 0 Å². The zero-order valence-electron chi connectivity index (χ0n) is 12.5. The molecule has 0 saturated heterocycles. The number of hydrogen-bond donors (Lipinski definition) is 0. The Morgan fingerprint density at radius 1 is 1.41 bits per heavy atom. The van der Waals surface area contributed by atoms with E-state index < -0.39 is 0 Å². The predicted molar refractivity (Wildman–Crippen MR) is 87.5 cm³/mol. The first-order chi connectivity index (χ1) is 10.5. The van der Waals surface area contributed by atoms with Gasteiger partial charge in [-0.05, 0) is 46.6 Å². The summed E-state index contributed by atoms with van der Waals surface area (Å²) >= 11 is 3.44. The van der Waals surface area contributed by atoms with E-state index in [2.05, 4.69) is 21.0 Å². The zero-order chi connectivity index (χ0) is 16.1. The summed E-state index contributed by atoms with van der Waals surface area (Å²) in [6, 6.07) is 5.97. The second kappa shape index (κ2) is 7.35. The van der Waals surface area contributed by atoms with Crippen LogP contribution in [0.3, 0.4) is 0 Å². The van der Waals surface area contributed by atoms with Crippen LogP contribution in [0.15, 0.2) is 41.0 Å². The van der Waals surface area contributed by atoms with Crippen LogP contribution >= 0.6 is 15.9 Å². The van der Waals surface area contributed by atoms with Gasteiger partial charge in [0, 0.05) is 25.9 Å². The molecule has 2 rings (SSSR count). The molecule has 0 unspecified atom stereocenters. The van der Waals surface area contributed by atoms with E-state index in [1.807, 2.05) is 17.8 Å². The second-order valence-electron chi connectivity index (χ2n) is 4.86. The molecule has 0 aliphatic carbocycles. The Labute approximate surface area is 137 Å². The number of carbonyl (C=O) groups excluding carboxylic acids is 1. The number of aromatic nitrogens is 2. The quantitative estimate of drug-likeness (QED) is 0.760. The Kier molecular flexibility index (Phi) is 5.49. The maximum Gasteiger partial charge on any atom is 0.246 e. The molecule has 0 atom stereocenters. The van der Waals surface area contributed by atoms with Gasteiger partial charge in [-0.25, -0.2) is 4.39 Å². The van der Waals surface area contributed by atoms with Crippen LogP contribution in [-0.2, 0) is 17.9 Å². The Bertz CT molecular complexity index is 679. The summed E-state index contributed by atoms with van der Waals surface area (Å²) in [6.45, 7) is 3.20. The van der Waals surface area contributed by atoms with Crippen molar-refractivity contribution in [2.24, 2.45) is 0 Å². The molecule has 6 heteroatoms. The van der Waals surface area contributed by atoms with E-state index in [9.17, 15) is 9.18 Å². The van der Waals surface area contributed by atoms with Gasteiger partial charge in [-0.3, -0.25) is 9.48 Å². The van der Waals surface area contributed by atoms with E-state index >= 15 is 0 Å². The molecule has 116 valence electrons. The van der Waals surface area contributed by atoms with Crippen molar-refractivity contribution < 1.29 is 9.18 Å². The molecule has 0 N–H and O–H groups in total. The molecule has 0 radical (unpaired) electrons. The molecule has 2 aromatic rings. The minimum atomic E-state index is -0.294. The van der Waals surface area contributed by atoms with E-state index in [1.165, 1.54) is 18.2 Å². The molecule has 0 aliphatic rings. The molecular formula is C16H17BrFN3O. The Morgan fingerprint density at radius 2 is 2.09 bits per heavy atom. The van der Waals surface area contributed by atoms with Crippen molar-refractivity contribution in [2.45, 2.75) is 20.0 Å². The molecule has 1 amide bonds. The Morgan fingerprint density at radius 3 is 2.68 bits per heavy atom. The van der Waals surface area contributed by atoms with Gasteiger partial charge in [0.2, 0.25) is 5.91 Å². The fourth-order valence-electron chi connectivity index (χ4n) is 1.88. The first-order valence-electron chi connectivity index (χ1n) is 6.90. The maximum atomic E-state index is 12.8. The summed E-state index contributed by atoms with van der Waals surface area (Å²) < 4.78 is 15.5. The summed E-state index contributed by atoms with van der Waals surface area (Å²) in [5.41, 5.74) is 1.59. The van der Waals surface area contributed by atoms with Crippen molar-refractivity contribution in [1.29, 1.82) is 0 Å².